The maximum atomic E-state index is 3.06. The molecule has 1 aromatic rings. The summed E-state index contributed by atoms with van der Waals surface area (Å²) in [4.78, 5) is 1.37. The molecule has 0 N–H and O–H groups in total. The van der Waals surface area contributed by atoms with Crippen LogP contribution in [-0.2, 0) is 16.3 Å². The van der Waals surface area contributed by atoms with Gasteiger partial charge in [0.1, 0.15) is 0 Å². The van der Waals surface area contributed by atoms with Crippen molar-refractivity contribution in [1.29, 1.82) is 0 Å². The van der Waals surface area contributed by atoms with Gasteiger partial charge < -0.3 is 0 Å². The Kier molecular flexibility index (Phi) is 12.3. The van der Waals surface area contributed by atoms with E-state index in [1.54, 1.807) is 0 Å². The predicted octanol–water partition coefficient (Wildman–Crippen LogP) is 4.61. The van der Waals surface area contributed by atoms with E-state index in [4.69, 9.17) is 0 Å². The first kappa shape index (κ1) is 14.7. The fourth-order valence-electron chi connectivity index (χ4n) is 1.01. The van der Waals surface area contributed by atoms with Crippen LogP contribution in [0.5, 0.6) is 0 Å². The Hall–Kier alpha value is 0.673. The molecule has 0 unspecified atom stereocenters. The standard InChI is InChI=1S/C11H15S.BrH.Zn/c1-2-3-7-10-12-11-8-5-4-6-9-11;;/h5-6,8-9H,2-3,7,10H2,1H3;1H;/q-1;;+2/p-1. The molecule has 0 aliphatic rings. The number of hydrogen-bond acceptors (Lipinski definition) is 1. The Morgan fingerprint density at radius 1 is 1.29 bits per heavy atom. The summed E-state index contributed by atoms with van der Waals surface area (Å²) in [6.45, 7) is 2.24. The van der Waals surface area contributed by atoms with E-state index >= 15 is 0 Å². The summed E-state index contributed by atoms with van der Waals surface area (Å²) in [5.74, 6) is 1.25. The number of benzene rings is 1. The molecule has 14 heavy (non-hydrogen) atoms. The van der Waals surface area contributed by atoms with Gasteiger partial charge in [-0.15, -0.1) is 4.90 Å². The van der Waals surface area contributed by atoms with Gasteiger partial charge in [0, 0.05) is 0 Å². The number of hydrogen-bond donors (Lipinski definition) is 0. The molecule has 0 radical (unpaired) electrons. The molecule has 74 valence electrons. The van der Waals surface area contributed by atoms with Gasteiger partial charge in [0.15, 0.2) is 0 Å². The molecule has 0 saturated carbocycles. The van der Waals surface area contributed by atoms with Crippen molar-refractivity contribution in [2.24, 2.45) is 0 Å². The topological polar surface area (TPSA) is 0 Å². The Labute approximate surface area is 108 Å². The normalized spacial score (nSPS) is 9.14. The summed E-state index contributed by atoms with van der Waals surface area (Å²) in [5, 5.41) is 0. The summed E-state index contributed by atoms with van der Waals surface area (Å²) in [6, 6.07) is 11.2. The molecule has 1 aromatic carbocycles. The molecule has 0 aliphatic carbocycles. The zero-order chi connectivity index (χ0) is 10.6. The average Bonchev–Trinajstić information content (AvgIpc) is 2.29. The molecule has 0 saturated heterocycles. The molecule has 0 amide bonds. The molecule has 0 aliphatic heterocycles. The SMILES string of the molecule is CCCCCSc1cc[c-]cc1.[Zn+][Br]. The van der Waals surface area contributed by atoms with Crippen molar-refractivity contribution >= 4 is 25.4 Å². The zero-order valence-corrected chi connectivity index (χ0v) is 14.0. The van der Waals surface area contributed by atoms with E-state index in [9.17, 15) is 0 Å². The fraction of sp³-hybridized carbons (Fsp3) is 0.455. The van der Waals surface area contributed by atoms with E-state index in [1.165, 1.54) is 46.3 Å². The molecule has 0 heterocycles. The summed E-state index contributed by atoms with van der Waals surface area (Å²) in [5.41, 5.74) is 0. The number of unbranched alkanes of at least 4 members (excludes halogenated alkanes) is 2. The van der Waals surface area contributed by atoms with Gasteiger partial charge in [-0.1, -0.05) is 19.8 Å². The van der Waals surface area contributed by atoms with Crippen molar-refractivity contribution in [3.05, 3.63) is 30.3 Å². The molecule has 3 heteroatoms. The minimum atomic E-state index is 1.19. The van der Waals surface area contributed by atoms with Crippen LogP contribution in [0.25, 0.3) is 0 Å². The summed E-state index contributed by atoms with van der Waals surface area (Å²) in [6.07, 6.45) is 3.99. The third-order valence-electron chi connectivity index (χ3n) is 1.70. The summed E-state index contributed by atoms with van der Waals surface area (Å²) < 4.78 is 0. The maximum absolute atomic E-state index is 3.06. The van der Waals surface area contributed by atoms with Crippen LogP contribution in [0.3, 0.4) is 0 Å². The number of halogens is 1. The Morgan fingerprint density at radius 2 is 1.93 bits per heavy atom. The van der Waals surface area contributed by atoms with Gasteiger partial charge in [0.2, 0.25) is 0 Å². The molecule has 0 bridgehead atoms. The van der Waals surface area contributed by atoms with E-state index in [0.717, 1.165) is 0 Å². The molecule has 0 fully saturated rings. The minimum absolute atomic E-state index is 1.19. The van der Waals surface area contributed by atoms with Gasteiger partial charge in [-0.05, 0) is 12.2 Å². The van der Waals surface area contributed by atoms with Crippen LogP contribution in [0.2, 0.25) is 0 Å². The molecule has 0 spiro atoms. The van der Waals surface area contributed by atoms with Crippen LogP contribution in [0.4, 0.5) is 0 Å². The monoisotopic (exact) mass is 322 g/mol. The third kappa shape index (κ3) is 8.02. The van der Waals surface area contributed by atoms with Crippen LogP contribution in [0.15, 0.2) is 29.2 Å². The fourth-order valence-corrected chi connectivity index (χ4v) is 1.92. The Bertz CT molecular complexity index is 204. The van der Waals surface area contributed by atoms with E-state index in [1.807, 2.05) is 23.9 Å². The molecule has 0 atom stereocenters. The second kappa shape index (κ2) is 11.7. The van der Waals surface area contributed by atoms with Gasteiger partial charge in [-0.3, -0.25) is 0 Å². The first-order chi connectivity index (χ1) is 6.93. The molecular weight excluding hydrogens is 309 g/mol. The van der Waals surface area contributed by atoms with Gasteiger partial charge in [0.05, 0.1) is 0 Å². The van der Waals surface area contributed by atoms with Crippen molar-refractivity contribution in [3.8, 4) is 0 Å². The van der Waals surface area contributed by atoms with Crippen molar-refractivity contribution < 1.29 is 16.3 Å². The second-order valence-corrected chi connectivity index (χ2v) is 3.96. The van der Waals surface area contributed by atoms with Crippen molar-refractivity contribution in [2.75, 3.05) is 5.75 Å². The van der Waals surface area contributed by atoms with Crippen LogP contribution in [0, 0.1) is 6.07 Å². The summed E-state index contributed by atoms with van der Waals surface area (Å²) in [7, 11) is 0. The van der Waals surface area contributed by atoms with Crippen LogP contribution in [0.1, 0.15) is 26.2 Å². The van der Waals surface area contributed by atoms with Gasteiger partial charge in [0.25, 0.3) is 0 Å². The summed E-state index contributed by atoms with van der Waals surface area (Å²) >= 11 is 6.19. The van der Waals surface area contributed by atoms with Gasteiger partial charge >= 0.3 is 30.0 Å². The van der Waals surface area contributed by atoms with E-state index in [2.05, 4.69) is 38.7 Å². The van der Waals surface area contributed by atoms with Crippen LogP contribution in [-0.4, -0.2) is 5.75 Å². The molecule has 0 nitrogen and oxygen atoms in total. The van der Waals surface area contributed by atoms with E-state index in [-0.39, 0.29) is 0 Å². The molecule has 1 rings (SSSR count). The molecule has 0 aromatic heterocycles. The van der Waals surface area contributed by atoms with Crippen molar-refractivity contribution in [3.63, 3.8) is 0 Å². The zero-order valence-electron chi connectivity index (χ0n) is 8.63. The number of thioether (sulfide) groups is 1. The van der Waals surface area contributed by atoms with E-state index in [0.29, 0.717) is 0 Å². The Balaban J connectivity index is 0.000000791. The van der Waals surface area contributed by atoms with Crippen LogP contribution >= 0.6 is 25.4 Å². The van der Waals surface area contributed by atoms with Gasteiger partial charge in [-0.25, -0.2) is 0 Å². The first-order valence-electron chi connectivity index (χ1n) is 4.79. The van der Waals surface area contributed by atoms with Gasteiger partial charge in [-0.2, -0.15) is 42.1 Å². The molecular formula is C11H15BrSZn. The number of rotatable bonds is 5. The second-order valence-electron chi connectivity index (χ2n) is 2.79. The average molecular weight is 325 g/mol. The van der Waals surface area contributed by atoms with Crippen LogP contribution < -0.4 is 0 Å². The van der Waals surface area contributed by atoms with E-state index < -0.39 is 0 Å². The van der Waals surface area contributed by atoms with Crippen molar-refractivity contribution in [2.45, 2.75) is 31.1 Å². The third-order valence-corrected chi connectivity index (χ3v) is 2.80. The quantitative estimate of drug-likeness (QED) is 0.330. The predicted molar refractivity (Wildman–Crippen MR) is 64.5 cm³/mol. The van der Waals surface area contributed by atoms with Crippen molar-refractivity contribution in [1.82, 2.24) is 0 Å². The Morgan fingerprint density at radius 3 is 2.50 bits per heavy atom. The first-order valence-corrected chi connectivity index (χ1v) is 12.7.